The van der Waals surface area contributed by atoms with E-state index in [9.17, 15) is 0 Å². The van der Waals surface area contributed by atoms with Crippen LogP contribution < -0.4 is 0 Å². The highest BCUT2D eigenvalue weighted by atomic mass is 79.9. The molecule has 0 spiro atoms. The van der Waals surface area contributed by atoms with Gasteiger partial charge in [-0.1, -0.05) is 80.1 Å². The second-order valence-electron chi connectivity index (χ2n) is 4.75. The minimum atomic E-state index is 1.11. The molecule has 0 aromatic rings. The third-order valence-corrected chi connectivity index (χ3v) is 4.03. The van der Waals surface area contributed by atoms with Crippen molar-refractivity contribution in [3.8, 4) is 0 Å². The standard InChI is InChI=1S/C13H25Br/c14-12-8-4-2-1-3-5-9-13-10-6-7-11-13/h13H,1-12H2. The van der Waals surface area contributed by atoms with Gasteiger partial charge in [0, 0.05) is 5.33 Å². The third-order valence-electron chi connectivity index (χ3n) is 3.47. The second-order valence-corrected chi connectivity index (χ2v) is 5.54. The summed E-state index contributed by atoms with van der Waals surface area (Å²) in [5, 5.41) is 1.19. The average Bonchev–Trinajstić information content (AvgIpc) is 2.69. The molecule has 1 aliphatic carbocycles. The fourth-order valence-corrected chi connectivity index (χ4v) is 2.93. The zero-order valence-electron chi connectivity index (χ0n) is 9.44. The first-order valence-electron chi connectivity index (χ1n) is 6.49. The first-order valence-corrected chi connectivity index (χ1v) is 7.61. The zero-order valence-corrected chi connectivity index (χ0v) is 11.0. The van der Waals surface area contributed by atoms with Crippen molar-refractivity contribution >= 4 is 15.9 Å². The van der Waals surface area contributed by atoms with E-state index in [0.29, 0.717) is 0 Å². The van der Waals surface area contributed by atoms with Crippen molar-refractivity contribution in [1.82, 2.24) is 0 Å². The first-order chi connectivity index (χ1) is 6.93. The van der Waals surface area contributed by atoms with Gasteiger partial charge in [0.25, 0.3) is 0 Å². The lowest BCUT2D eigenvalue weighted by molar-refractivity contribution is 0.462. The maximum atomic E-state index is 3.48. The van der Waals surface area contributed by atoms with E-state index in [2.05, 4.69) is 15.9 Å². The molecule has 0 aromatic carbocycles. The molecule has 0 saturated heterocycles. The van der Waals surface area contributed by atoms with E-state index in [1.807, 2.05) is 0 Å². The van der Waals surface area contributed by atoms with Crippen LogP contribution in [0.1, 0.15) is 70.6 Å². The molecule has 0 unspecified atom stereocenters. The zero-order chi connectivity index (χ0) is 10.1. The van der Waals surface area contributed by atoms with E-state index in [0.717, 1.165) is 5.92 Å². The highest BCUT2D eigenvalue weighted by molar-refractivity contribution is 9.09. The van der Waals surface area contributed by atoms with Gasteiger partial charge in [-0.25, -0.2) is 0 Å². The van der Waals surface area contributed by atoms with Gasteiger partial charge in [0.2, 0.25) is 0 Å². The summed E-state index contributed by atoms with van der Waals surface area (Å²) in [5.74, 6) is 1.11. The van der Waals surface area contributed by atoms with Gasteiger partial charge in [0.05, 0.1) is 0 Å². The predicted octanol–water partition coefficient (Wildman–Crippen LogP) is 5.30. The summed E-state index contributed by atoms with van der Waals surface area (Å²) >= 11 is 3.48. The van der Waals surface area contributed by atoms with Gasteiger partial charge >= 0.3 is 0 Å². The van der Waals surface area contributed by atoms with E-state index < -0.39 is 0 Å². The Bertz CT molecular complexity index is 116. The Morgan fingerprint density at radius 2 is 1.36 bits per heavy atom. The monoisotopic (exact) mass is 260 g/mol. The summed E-state index contributed by atoms with van der Waals surface area (Å²) in [5.41, 5.74) is 0. The first kappa shape index (κ1) is 12.5. The van der Waals surface area contributed by atoms with Crippen LogP contribution in [0.5, 0.6) is 0 Å². The van der Waals surface area contributed by atoms with Crippen LogP contribution in [0.3, 0.4) is 0 Å². The van der Waals surface area contributed by atoms with Gasteiger partial charge in [0.1, 0.15) is 0 Å². The minimum Gasteiger partial charge on any atom is -0.0928 e. The van der Waals surface area contributed by atoms with Crippen LogP contribution in [0.15, 0.2) is 0 Å². The smallest absolute Gasteiger partial charge is 0.00313 e. The van der Waals surface area contributed by atoms with E-state index in [1.165, 1.54) is 76.0 Å². The van der Waals surface area contributed by atoms with Crippen molar-refractivity contribution in [1.29, 1.82) is 0 Å². The molecule has 0 heterocycles. The molecule has 1 saturated carbocycles. The lowest BCUT2D eigenvalue weighted by Crippen LogP contribution is -1.92. The van der Waals surface area contributed by atoms with Crippen LogP contribution in [0.25, 0.3) is 0 Å². The molecule has 0 atom stereocenters. The van der Waals surface area contributed by atoms with Crippen molar-refractivity contribution in [3.05, 3.63) is 0 Å². The molecule has 0 amide bonds. The Morgan fingerprint density at radius 1 is 0.786 bits per heavy atom. The highest BCUT2D eigenvalue weighted by Gasteiger charge is 2.13. The average molecular weight is 261 g/mol. The Balaban J connectivity index is 1.75. The van der Waals surface area contributed by atoms with Gasteiger partial charge in [-0.3, -0.25) is 0 Å². The van der Waals surface area contributed by atoms with Crippen molar-refractivity contribution in [3.63, 3.8) is 0 Å². The van der Waals surface area contributed by atoms with Crippen LogP contribution in [0, 0.1) is 5.92 Å². The van der Waals surface area contributed by atoms with Crippen molar-refractivity contribution < 1.29 is 0 Å². The lowest BCUT2D eigenvalue weighted by atomic mass is 9.99. The Morgan fingerprint density at radius 3 is 2.00 bits per heavy atom. The third kappa shape index (κ3) is 6.06. The van der Waals surface area contributed by atoms with Crippen molar-refractivity contribution in [2.45, 2.75) is 70.6 Å². The van der Waals surface area contributed by atoms with E-state index in [-0.39, 0.29) is 0 Å². The van der Waals surface area contributed by atoms with Crippen LogP contribution in [0.4, 0.5) is 0 Å². The minimum absolute atomic E-state index is 1.11. The lowest BCUT2D eigenvalue weighted by Gasteiger charge is -2.07. The quantitative estimate of drug-likeness (QED) is 0.410. The molecule has 84 valence electrons. The van der Waals surface area contributed by atoms with Crippen molar-refractivity contribution in [2.24, 2.45) is 5.92 Å². The van der Waals surface area contributed by atoms with Crippen LogP contribution in [0.2, 0.25) is 0 Å². The maximum Gasteiger partial charge on any atom is 0.00313 e. The Hall–Kier alpha value is 0.480. The van der Waals surface area contributed by atoms with Gasteiger partial charge in [-0.05, 0) is 12.3 Å². The molecule has 0 aliphatic heterocycles. The molecule has 14 heavy (non-hydrogen) atoms. The molecule has 0 aromatic heterocycles. The summed E-state index contributed by atoms with van der Waals surface area (Å²) in [4.78, 5) is 0. The molecular weight excluding hydrogens is 236 g/mol. The summed E-state index contributed by atoms with van der Waals surface area (Å²) in [7, 11) is 0. The summed E-state index contributed by atoms with van der Waals surface area (Å²) < 4.78 is 0. The van der Waals surface area contributed by atoms with E-state index >= 15 is 0 Å². The van der Waals surface area contributed by atoms with E-state index in [4.69, 9.17) is 0 Å². The Labute approximate surface area is 98.0 Å². The molecule has 0 N–H and O–H groups in total. The molecule has 1 fully saturated rings. The van der Waals surface area contributed by atoms with Gasteiger partial charge < -0.3 is 0 Å². The van der Waals surface area contributed by atoms with Gasteiger partial charge in [-0.15, -0.1) is 0 Å². The predicted molar refractivity (Wildman–Crippen MR) is 68.1 cm³/mol. The Kier molecular flexibility index (Phi) is 7.85. The number of unbranched alkanes of at least 4 members (excludes halogenated alkanes) is 5. The molecule has 1 aliphatic rings. The maximum absolute atomic E-state index is 3.48. The summed E-state index contributed by atoms with van der Waals surface area (Å²) in [6.07, 6.45) is 16.3. The molecule has 1 heteroatoms. The number of hydrogen-bond acceptors (Lipinski definition) is 0. The van der Waals surface area contributed by atoms with Gasteiger partial charge in [0.15, 0.2) is 0 Å². The molecule has 1 rings (SSSR count). The molecule has 0 bridgehead atoms. The summed E-state index contributed by atoms with van der Waals surface area (Å²) in [6.45, 7) is 0. The SMILES string of the molecule is BrCCCCCCCCC1CCCC1. The van der Waals surface area contributed by atoms with Crippen molar-refractivity contribution in [2.75, 3.05) is 5.33 Å². The summed E-state index contributed by atoms with van der Waals surface area (Å²) in [6, 6.07) is 0. The highest BCUT2D eigenvalue weighted by Crippen LogP contribution is 2.29. The largest absolute Gasteiger partial charge is 0.0928 e. The van der Waals surface area contributed by atoms with Gasteiger partial charge in [-0.2, -0.15) is 0 Å². The topological polar surface area (TPSA) is 0 Å². The molecule has 0 nitrogen and oxygen atoms in total. The molecule has 0 radical (unpaired) electrons. The number of hydrogen-bond donors (Lipinski definition) is 0. The normalized spacial score (nSPS) is 17.8. The molecular formula is C13H25Br. The number of rotatable bonds is 8. The number of halogens is 1. The van der Waals surface area contributed by atoms with Crippen LogP contribution in [-0.4, -0.2) is 5.33 Å². The van der Waals surface area contributed by atoms with Crippen LogP contribution >= 0.6 is 15.9 Å². The van der Waals surface area contributed by atoms with E-state index in [1.54, 1.807) is 0 Å². The van der Waals surface area contributed by atoms with Crippen LogP contribution in [-0.2, 0) is 0 Å². The number of alkyl halides is 1. The fourth-order valence-electron chi connectivity index (χ4n) is 2.53. The fraction of sp³-hybridized carbons (Fsp3) is 1.00. The second kappa shape index (κ2) is 8.76.